The lowest BCUT2D eigenvalue weighted by molar-refractivity contribution is -0.139. The number of carbonyl (C=O) groups is 2. The normalized spacial score (nSPS) is 17.9. The van der Waals surface area contributed by atoms with E-state index in [9.17, 15) is 18.0 Å². The quantitative estimate of drug-likeness (QED) is 0.533. The van der Waals surface area contributed by atoms with E-state index in [1.165, 1.54) is 16.4 Å². The number of hydrogen-bond acceptors (Lipinski definition) is 6. The predicted molar refractivity (Wildman–Crippen MR) is 102 cm³/mol. The van der Waals surface area contributed by atoms with Crippen molar-refractivity contribution >= 4 is 37.8 Å². The van der Waals surface area contributed by atoms with Crippen LogP contribution in [0.2, 0.25) is 0 Å². The highest BCUT2D eigenvalue weighted by Gasteiger charge is 2.36. The van der Waals surface area contributed by atoms with E-state index < -0.39 is 28.1 Å². The number of benzene rings is 1. The lowest BCUT2D eigenvalue weighted by Gasteiger charge is -2.22. The van der Waals surface area contributed by atoms with Crippen molar-refractivity contribution < 1.29 is 22.7 Å². The van der Waals surface area contributed by atoms with Crippen LogP contribution in [-0.4, -0.2) is 82.5 Å². The van der Waals surface area contributed by atoms with Crippen LogP contribution in [0.3, 0.4) is 0 Å². The van der Waals surface area contributed by atoms with Gasteiger partial charge in [0.25, 0.3) is 0 Å². The Morgan fingerprint density at radius 3 is 2.48 bits per heavy atom. The third-order valence-electron chi connectivity index (χ3n) is 3.85. The highest BCUT2D eigenvalue weighted by molar-refractivity contribution is 9.10. The molecule has 0 saturated carbocycles. The van der Waals surface area contributed by atoms with Crippen molar-refractivity contribution in [3.8, 4) is 0 Å². The van der Waals surface area contributed by atoms with Gasteiger partial charge in [0.1, 0.15) is 6.23 Å². The van der Waals surface area contributed by atoms with Crippen LogP contribution in [0.15, 0.2) is 33.6 Å². The van der Waals surface area contributed by atoms with Crippen molar-refractivity contribution in [1.29, 1.82) is 0 Å². The van der Waals surface area contributed by atoms with E-state index in [4.69, 9.17) is 4.74 Å². The molecule has 0 spiro atoms. The van der Waals surface area contributed by atoms with Crippen LogP contribution in [-0.2, 0) is 24.3 Å². The Labute approximate surface area is 167 Å². The average Bonchev–Trinajstić information content (AvgIpc) is 3.09. The molecular weight excluding hydrogens is 440 g/mol. The topological polar surface area (TPSA) is 108 Å². The number of likely N-dealkylation sites (N-methyl/N-ethyl adjacent to an activating group) is 1. The van der Waals surface area contributed by atoms with Gasteiger partial charge in [-0.3, -0.25) is 9.59 Å². The fourth-order valence-corrected chi connectivity index (χ4v) is 4.19. The molecule has 27 heavy (non-hydrogen) atoms. The molecule has 1 aromatic rings. The minimum atomic E-state index is -3.77. The van der Waals surface area contributed by atoms with Gasteiger partial charge in [0, 0.05) is 24.1 Å². The molecule has 0 radical (unpaired) electrons. The summed E-state index contributed by atoms with van der Waals surface area (Å²) in [6, 6.07) is 6.26. The molecule has 1 fully saturated rings. The van der Waals surface area contributed by atoms with E-state index in [0.717, 1.165) is 4.47 Å². The maximum absolute atomic E-state index is 12.8. The molecule has 0 bridgehead atoms. The number of halogens is 1. The standard InChI is InChI=1S/C16H23BrN4O5S/c1-20(2)8-7-18-15(22)16(23)19-11-14-21(9-10-26-14)27(24,25)13-5-3-12(17)4-6-13/h3-6,14H,7-11H2,1-2H3,(H,18,22)(H,19,23)/t14-/m0/s1. The third-order valence-corrected chi connectivity index (χ3v) is 6.28. The van der Waals surface area contributed by atoms with Crippen LogP contribution in [0.25, 0.3) is 0 Å². The predicted octanol–water partition coefficient (Wildman–Crippen LogP) is -0.410. The molecule has 1 saturated heterocycles. The summed E-state index contributed by atoms with van der Waals surface area (Å²) in [5, 5.41) is 4.91. The maximum Gasteiger partial charge on any atom is 0.309 e. The Kier molecular flexibility index (Phi) is 7.74. The molecule has 2 N–H and O–H groups in total. The molecule has 1 heterocycles. The number of rotatable bonds is 7. The number of sulfonamides is 1. The summed E-state index contributed by atoms with van der Waals surface area (Å²) in [6.45, 7) is 1.21. The number of amides is 2. The van der Waals surface area contributed by atoms with E-state index in [-0.39, 0.29) is 24.6 Å². The minimum absolute atomic E-state index is 0.115. The fourth-order valence-electron chi connectivity index (χ4n) is 2.42. The Morgan fingerprint density at radius 2 is 1.85 bits per heavy atom. The van der Waals surface area contributed by atoms with Crippen LogP contribution in [0.1, 0.15) is 0 Å². The first-order valence-corrected chi connectivity index (χ1v) is 10.5. The number of carbonyl (C=O) groups excluding carboxylic acids is 2. The molecule has 0 aromatic heterocycles. The van der Waals surface area contributed by atoms with Gasteiger partial charge in [-0.25, -0.2) is 8.42 Å². The summed E-state index contributed by atoms with van der Waals surface area (Å²) in [6.07, 6.45) is -0.864. The highest BCUT2D eigenvalue weighted by atomic mass is 79.9. The van der Waals surface area contributed by atoms with E-state index in [1.54, 1.807) is 12.1 Å². The molecular formula is C16H23BrN4O5S. The second-order valence-corrected chi connectivity index (χ2v) is 8.97. The van der Waals surface area contributed by atoms with Crippen LogP contribution >= 0.6 is 15.9 Å². The van der Waals surface area contributed by atoms with Gasteiger partial charge < -0.3 is 20.3 Å². The third kappa shape index (κ3) is 5.98. The van der Waals surface area contributed by atoms with Gasteiger partial charge in [-0.15, -0.1) is 0 Å². The fraction of sp³-hybridized carbons (Fsp3) is 0.500. The van der Waals surface area contributed by atoms with Gasteiger partial charge in [0.15, 0.2) is 0 Å². The number of ether oxygens (including phenoxy) is 1. The molecule has 0 unspecified atom stereocenters. The molecule has 1 aromatic carbocycles. The van der Waals surface area contributed by atoms with Gasteiger partial charge in [-0.1, -0.05) is 15.9 Å². The monoisotopic (exact) mass is 462 g/mol. The molecule has 150 valence electrons. The lowest BCUT2D eigenvalue weighted by Crippen LogP contribution is -2.48. The minimum Gasteiger partial charge on any atom is -0.359 e. The molecule has 11 heteroatoms. The van der Waals surface area contributed by atoms with Gasteiger partial charge in [0.05, 0.1) is 18.0 Å². The average molecular weight is 463 g/mol. The van der Waals surface area contributed by atoms with Crippen molar-refractivity contribution in [3.05, 3.63) is 28.7 Å². The van der Waals surface area contributed by atoms with Gasteiger partial charge in [-0.05, 0) is 38.4 Å². The molecule has 1 atom stereocenters. The second-order valence-electron chi connectivity index (χ2n) is 6.16. The summed E-state index contributed by atoms with van der Waals surface area (Å²) in [7, 11) is -0.0637. The van der Waals surface area contributed by atoms with Gasteiger partial charge in [-0.2, -0.15) is 4.31 Å². The van der Waals surface area contributed by atoms with Gasteiger partial charge in [0.2, 0.25) is 10.0 Å². The molecule has 2 rings (SSSR count). The van der Waals surface area contributed by atoms with E-state index >= 15 is 0 Å². The highest BCUT2D eigenvalue weighted by Crippen LogP contribution is 2.23. The van der Waals surface area contributed by atoms with Crippen molar-refractivity contribution in [2.24, 2.45) is 0 Å². The number of nitrogens with zero attached hydrogens (tertiary/aromatic N) is 2. The molecule has 0 aliphatic carbocycles. The van der Waals surface area contributed by atoms with Crippen molar-refractivity contribution in [1.82, 2.24) is 19.8 Å². The molecule has 1 aliphatic rings. The first-order chi connectivity index (χ1) is 12.7. The molecule has 1 aliphatic heterocycles. The summed E-state index contributed by atoms with van der Waals surface area (Å²) in [5.74, 6) is -1.59. The molecule has 2 amide bonds. The Balaban J connectivity index is 1.93. The van der Waals surface area contributed by atoms with E-state index in [1.807, 2.05) is 19.0 Å². The van der Waals surface area contributed by atoms with Crippen molar-refractivity contribution in [2.45, 2.75) is 11.1 Å². The summed E-state index contributed by atoms with van der Waals surface area (Å²) in [4.78, 5) is 25.6. The van der Waals surface area contributed by atoms with Crippen molar-refractivity contribution in [3.63, 3.8) is 0 Å². The maximum atomic E-state index is 12.8. The summed E-state index contributed by atoms with van der Waals surface area (Å²) in [5.41, 5.74) is 0. The number of hydrogen-bond donors (Lipinski definition) is 2. The van der Waals surface area contributed by atoms with Crippen LogP contribution in [0, 0.1) is 0 Å². The van der Waals surface area contributed by atoms with Crippen LogP contribution < -0.4 is 10.6 Å². The van der Waals surface area contributed by atoms with E-state index in [0.29, 0.717) is 13.1 Å². The van der Waals surface area contributed by atoms with Crippen LogP contribution in [0.5, 0.6) is 0 Å². The SMILES string of the molecule is CN(C)CCNC(=O)C(=O)NC[C@@H]1OCCN1S(=O)(=O)c1ccc(Br)cc1. The second kappa shape index (κ2) is 9.60. The first-order valence-electron chi connectivity index (χ1n) is 8.31. The summed E-state index contributed by atoms with van der Waals surface area (Å²) >= 11 is 3.27. The Hall–Kier alpha value is -1.53. The first kappa shape index (κ1) is 21.8. The largest absolute Gasteiger partial charge is 0.359 e. The van der Waals surface area contributed by atoms with Crippen molar-refractivity contribution in [2.75, 3.05) is 46.9 Å². The van der Waals surface area contributed by atoms with Crippen LogP contribution in [0.4, 0.5) is 0 Å². The molecule has 9 nitrogen and oxygen atoms in total. The zero-order valence-corrected chi connectivity index (χ0v) is 17.5. The number of nitrogens with one attached hydrogen (secondary N) is 2. The zero-order valence-electron chi connectivity index (χ0n) is 15.1. The zero-order chi connectivity index (χ0) is 20.0. The summed E-state index contributed by atoms with van der Waals surface area (Å²) < 4.78 is 32.9. The van der Waals surface area contributed by atoms with Gasteiger partial charge >= 0.3 is 11.8 Å². The lowest BCUT2D eigenvalue weighted by atomic mass is 10.4. The Bertz CT molecular complexity index is 770. The Morgan fingerprint density at radius 1 is 1.22 bits per heavy atom. The smallest absolute Gasteiger partial charge is 0.309 e. The van der Waals surface area contributed by atoms with E-state index in [2.05, 4.69) is 26.6 Å².